The van der Waals surface area contributed by atoms with Crippen molar-refractivity contribution in [2.75, 3.05) is 17.3 Å². The molecule has 0 spiro atoms. The van der Waals surface area contributed by atoms with Crippen LogP contribution in [0.15, 0.2) is 36.4 Å². The number of hydrogen-bond acceptors (Lipinski definition) is 4. The van der Waals surface area contributed by atoms with Gasteiger partial charge in [0.15, 0.2) is 0 Å². The fraction of sp³-hybridized carbons (Fsp3) is 0.389. The summed E-state index contributed by atoms with van der Waals surface area (Å²) in [5.74, 6) is -1.15. The van der Waals surface area contributed by atoms with Crippen molar-refractivity contribution in [2.24, 2.45) is 11.8 Å². The van der Waals surface area contributed by atoms with Gasteiger partial charge in [0.25, 0.3) is 5.91 Å². The standard InChI is InChI=1S/C18H20N2O4/c1-11(24-2)16(21)19-12-6-5-7-13(10-12)20-17(22)14-8-3-4-9-15(14)18(20)23/h3-7,10-11,14-15H,8-9H2,1-2H3,(H,19,21)/t11-,14+,15+/m1/s1. The zero-order valence-electron chi connectivity index (χ0n) is 13.7. The number of ether oxygens (including phenoxy) is 1. The van der Waals surface area contributed by atoms with E-state index in [1.165, 1.54) is 12.0 Å². The Kier molecular flexibility index (Phi) is 4.49. The van der Waals surface area contributed by atoms with E-state index in [9.17, 15) is 14.4 Å². The molecule has 1 heterocycles. The first-order valence-corrected chi connectivity index (χ1v) is 7.99. The van der Waals surface area contributed by atoms with Gasteiger partial charge >= 0.3 is 0 Å². The molecule has 6 nitrogen and oxygen atoms in total. The second-order valence-corrected chi connectivity index (χ2v) is 6.09. The predicted molar refractivity (Wildman–Crippen MR) is 89.4 cm³/mol. The number of carbonyl (C=O) groups is 3. The lowest BCUT2D eigenvalue weighted by Crippen LogP contribution is -2.31. The van der Waals surface area contributed by atoms with Crippen molar-refractivity contribution in [3.05, 3.63) is 36.4 Å². The van der Waals surface area contributed by atoms with E-state index < -0.39 is 6.10 Å². The fourth-order valence-corrected chi connectivity index (χ4v) is 3.13. The summed E-state index contributed by atoms with van der Waals surface area (Å²) in [5.41, 5.74) is 1.01. The van der Waals surface area contributed by atoms with Crippen LogP contribution >= 0.6 is 0 Å². The Bertz CT molecular complexity index is 687. The van der Waals surface area contributed by atoms with Crippen LogP contribution < -0.4 is 10.2 Å². The Hall–Kier alpha value is -2.47. The summed E-state index contributed by atoms with van der Waals surface area (Å²) in [6.07, 6.45) is 4.54. The molecule has 1 N–H and O–H groups in total. The number of anilines is 2. The first kappa shape index (κ1) is 16.4. The van der Waals surface area contributed by atoms with Gasteiger partial charge in [0.05, 0.1) is 17.5 Å². The number of imide groups is 1. The zero-order valence-corrected chi connectivity index (χ0v) is 13.7. The number of fused-ring (bicyclic) bond motifs is 1. The molecule has 0 bridgehead atoms. The molecule has 24 heavy (non-hydrogen) atoms. The number of benzene rings is 1. The molecule has 0 radical (unpaired) electrons. The Morgan fingerprint density at radius 2 is 1.83 bits per heavy atom. The number of nitrogens with zero attached hydrogens (tertiary/aromatic N) is 1. The molecule has 0 unspecified atom stereocenters. The molecule has 1 aromatic rings. The van der Waals surface area contributed by atoms with Crippen molar-refractivity contribution >= 4 is 29.1 Å². The maximum Gasteiger partial charge on any atom is 0.253 e. The summed E-state index contributed by atoms with van der Waals surface area (Å²) < 4.78 is 4.97. The minimum absolute atomic E-state index is 0.164. The van der Waals surface area contributed by atoms with Crippen molar-refractivity contribution in [1.82, 2.24) is 0 Å². The van der Waals surface area contributed by atoms with Gasteiger partial charge in [0.2, 0.25) is 11.8 Å². The number of methoxy groups -OCH3 is 1. The molecule has 3 rings (SSSR count). The first-order chi connectivity index (χ1) is 11.5. The maximum absolute atomic E-state index is 12.6. The molecule has 1 aliphatic heterocycles. The molecule has 126 valence electrons. The summed E-state index contributed by atoms with van der Waals surface area (Å²) in [4.78, 5) is 38.4. The summed E-state index contributed by atoms with van der Waals surface area (Å²) in [5, 5.41) is 2.72. The summed E-state index contributed by atoms with van der Waals surface area (Å²) in [7, 11) is 1.46. The zero-order chi connectivity index (χ0) is 17.3. The summed E-state index contributed by atoms with van der Waals surface area (Å²) >= 11 is 0. The van der Waals surface area contributed by atoms with E-state index in [1.807, 2.05) is 12.2 Å². The summed E-state index contributed by atoms with van der Waals surface area (Å²) in [6, 6.07) is 6.77. The minimum atomic E-state index is -0.586. The molecule has 0 saturated carbocycles. The largest absolute Gasteiger partial charge is 0.372 e. The van der Waals surface area contributed by atoms with Crippen molar-refractivity contribution in [3.63, 3.8) is 0 Å². The monoisotopic (exact) mass is 328 g/mol. The van der Waals surface area contributed by atoms with E-state index in [2.05, 4.69) is 5.32 Å². The number of allylic oxidation sites excluding steroid dienone is 2. The second-order valence-electron chi connectivity index (χ2n) is 6.09. The molecular weight excluding hydrogens is 308 g/mol. The number of amides is 3. The summed E-state index contributed by atoms with van der Waals surface area (Å²) in [6.45, 7) is 1.64. The van der Waals surface area contributed by atoms with Gasteiger partial charge in [-0.05, 0) is 38.0 Å². The van der Waals surface area contributed by atoms with Gasteiger partial charge in [-0.25, -0.2) is 4.90 Å². The third-order valence-electron chi connectivity index (χ3n) is 4.60. The molecule has 0 aromatic heterocycles. The third kappa shape index (κ3) is 2.85. The van der Waals surface area contributed by atoms with Crippen LogP contribution in [0, 0.1) is 11.8 Å². The Labute approximate surface area is 140 Å². The van der Waals surface area contributed by atoms with Crippen LogP contribution in [0.25, 0.3) is 0 Å². The van der Waals surface area contributed by atoms with Crippen molar-refractivity contribution in [2.45, 2.75) is 25.9 Å². The van der Waals surface area contributed by atoms with Crippen molar-refractivity contribution in [1.29, 1.82) is 0 Å². The van der Waals surface area contributed by atoms with Gasteiger partial charge in [-0.15, -0.1) is 0 Å². The van der Waals surface area contributed by atoms with Crippen LogP contribution in [0.2, 0.25) is 0 Å². The lowest BCUT2D eigenvalue weighted by Gasteiger charge is -2.17. The highest BCUT2D eigenvalue weighted by Gasteiger charge is 2.47. The van der Waals surface area contributed by atoms with E-state index in [-0.39, 0.29) is 29.6 Å². The van der Waals surface area contributed by atoms with E-state index in [1.54, 1.807) is 31.2 Å². The molecular formula is C18H20N2O4. The van der Waals surface area contributed by atoms with Crippen LogP contribution in [0.3, 0.4) is 0 Å². The first-order valence-electron chi connectivity index (χ1n) is 7.99. The lowest BCUT2D eigenvalue weighted by molar-refractivity contribution is -0.125. The fourth-order valence-electron chi connectivity index (χ4n) is 3.13. The van der Waals surface area contributed by atoms with E-state index in [4.69, 9.17) is 4.74 Å². The highest BCUT2D eigenvalue weighted by atomic mass is 16.5. The highest BCUT2D eigenvalue weighted by molar-refractivity contribution is 6.22. The average molecular weight is 328 g/mol. The Balaban J connectivity index is 1.83. The van der Waals surface area contributed by atoms with Crippen molar-refractivity contribution < 1.29 is 19.1 Å². The van der Waals surface area contributed by atoms with Crippen LogP contribution in [0.1, 0.15) is 19.8 Å². The highest BCUT2D eigenvalue weighted by Crippen LogP contribution is 2.38. The van der Waals surface area contributed by atoms with Gasteiger partial charge < -0.3 is 10.1 Å². The Morgan fingerprint density at radius 1 is 1.21 bits per heavy atom. The third-order valence-corrected chi connectivity index (χ3v) is 4.60. The van der Waals surface area contributed by atoms with Crippen LogP contribution in [0.5, 0.6) is 0 Å². The maximum atomic E-state index is 12.6. The molecule has 3 amide bonds. The van der Waals surface area contributed by atoms with Gasteiger partial charge in [0, 0.05) is 12.8 Å². The lowest BCUT2D eigenvalue weighted by atomic mass is 9.85. The number of nitrogens with one attached hydrogen (secondary N) is 1. The smallest absolute Gasteiger partial charge is 0.253 e. The van der Waals surface area contributed by atoms with Crippen LogP contribution in [-0.4, -0.2) is 30.9 Å². The quantitative estimate of drug-likeness (QED) is 0.678. The molecule has 1 fully saturated rings. The van der Waals surface area contributed by atoms with E-state index in [0.717, 1.165) is 0 Å². The van der Waals surface area contributed by atoms with Gasteiger partial charge in [-0.2, -0.15) is 0 Å². The minimum Gasteiger partial charge on any atom is -0.372 e. The second kappa shape index (κ2) is 6.57. The normalized spacial score (nSPS) is 24.0. The van der Waals surface area contributed by atoms with Gasteiger partial charge in [0.1, 0.15) is 6.10 Å². The molecule has 3 atom stereocenters. The topological polar surface area (TPSA) is 75.7 Å². The predicted octanol–water partition coefficient (Wildman–Crippen LogP) is 2.12. The average Bonchev–Trinajstić information content (AvgIpc) is 2.86. The molecule has 1 saturated heterocycles. The van der Waals surface area contributed by atoms with E-state index in [0.29, 0.717) is 24.2 Å². The number of carbonyl (C=O) groups excluding carboxylic acids is 3. The molecule has 2 aliphatic rings. The van der Waals surface area contributed by atoms with E-state index >= 15 is 0 Å². The molecule has 6 heteroatoms. The number of hydrogen-bond donors (Lipinski definition) is 1. The Morgan fingerprint density at radius 3 is 2.42 bits per heavy atom. The van der Waals surface area contributed by atoms with Gasteiger partial charge in [-0.3, -0.25) is 14.4 Å². The SMILES string of the molecule is CO[C@H](C)C(=O)Nc1cccc(N2C(=O)[C@H]3CC=CC[C@@H]3C2=O)c1. The molecule has 1 aromatic carbocycles. The van der Waals surface area contributed by atoms with Crippen LogP contribution in [0.4, 0.5) is 11.4 Å². The number of rotatable bonds is 4. The van der Waals surface area contributed by atoms with Gasteiger partial charge in [-0.1, -0.05) is 18.2 Å². The molecule has 1 aliphatic carbocycles. The van der Waals surface area contributed by atoms with Crippen LogP contribution in [-0.2, 0) is 19.1 Å². The van der Waals surface area contributed by atoms with Crippen molar-refractivity contribution in [3.8, 4) is 0 Å².